The molecule has 1 unspecified atom stereocenters. The number of ether oxygens (including phenoxy) is 1. The second kappa shape index (κ2) is 6.44. The van der Waals surface area contributed by atoms with E-state index >= 15 is 0 Å². The van der Waals surface area contributed by atoms with Gasteiger partial charge in [0.15, 0.2) is 0 Å². The third kappa shape index (κ3) is 3.09. The molecule has 1 N–H and O–H groups in total. The van der Waals surface area contributed by atoms with E-state index in [0.717, 1.165) is 31.5 Å². The Hall–Kier alpha value is -2.30. The number of aromatic amines is 1. The van der Waals surface area contributed by atoms with Gasteiger partial charge >= 0.3 is 5.97 Å². The maximum Gasteiger partial charge on any atom is 0.315 e. The van der Waals surface area contributed by atoms with Gasteiger partial charge in [-0.05, 0) is 51.0 Å². The number of carbonyl (C=O) groups is 2. The van der Waals surface area contributed by atoms with Crippen LogP contribution in [0.2, 0.25) is 0 Å². The molecule has 122 valence electrons. The Morgan fingerprint density at radius 3 is 2.78 bits per heavy atom. The van der Waals surface area contributed by atoms with Crippen LogP contribution in [-0.2, 0) is 16.1 Å². The van der Waals surface area contributed by atoms with E-state index in [1.807, 2.05) is 36.6 Å². The fourth-order valence-corrected chi connectivity index (χ4v) is 3.16. The summed E-state index contributed by atoms with van der Waals surface area (Å²) in [5.41, 5.74) is 2.09. The van der Waals surface area contributed by atoms with Crippen LogP contribution in [-0.4, -0.2) is 27.4 Å². The first-order valence-electron chi connectivity index (χ1n) is 8.16. The number of nitrogens with zero attached hydrogens (tertiary/aromatic N) is 1. The van der Waals surface area contributed by atoms with Gasteiger partial charge < -0.3 is 14.3 Å². The van der Waals surface area contributed by atoms with Gasteiger partial charge in [-0.25, -0.2) is 0 Å². The summed E-state index contributed by atoms with van der Waals surface area (Å²) in [5.74, 6) is -0.524. The molecule has 1 aliphatic heterocycles. The highest BCUT2D eigenvalue weighted by Gasteiger charge is 2.30. The minimum Gasteiger partial charge on any atom is -0.462 e. The molecule has 3 heterocycles. The Morgan fingerprint density at radius 1 is 1.26 bits per heavy atom. The Kier molecular flexibility index (Phi) is 4.37. The summed E-state index contributed by atoms with van der Waals surface area (Å²) in [7, 11) is 0. The number of rotatable bonds is 4. The minimum absolute atomic E-state index is 0.0425. The maximum absolute atomic E-state index is 12.6. The quantitative estimate of drug-likeness (QED) is 0.696. The molecule has 1 atom stereocenters. The van der Waals surface area contributed by atoms with Crippen molar-refractivity contribution in [2.24, 2.45) is 0 Å². The zero-order valence-corrected chi connectivity index (χ0v) is 13.5. The van der Waals surface area contributed by atoms with Crippen LogP contribution in [0.3, 0.4) is 0 Å². The van der Waals surface area contributed by atoms with Gasteiger partial charge in [-0.2, -0.15) is 0 Å². The van der Waals surface area contributed by atoms with Gasteiger partial charge in [0.05, 0.1) is 23.4 Å². The molecule has 0 saturated carbocycles. The fraction of sp³-hybridized carbons (Fsp3) is 0.444. The summed E-state index contributed by atoms with van der Waals surface area (Å²) in [6.07, 6.45) is 4.29. The average Bonchev–Trinajstić information content (AvgIpc) is 3.12. The van der Waals surface area contributed by atoms with E-state index in [2.05, 4.69) is 4.98 Å². The lowest BCUT2D eigenvalue weighted by Gasteiger charge is -2.17. The molecule has 5 heteroatoms. The number of ketones is 1. The molecule has 0 bridgehead atoms. The van der Waals surface area contributed by atoms with Gasteiger partial charge in [0.1, 0.15) is 0 Å². The molecule has 0 fully saturated rings. The van der Waals surface area contributed by atoms with Crippen molar-refractivity contribution in [2.45, 2.75) is 51.7 Å². The SMILES string of the molecule is CC(C)OC(=O)C1CCCCn2c(C(=O)c3ccc[nH]3)ccc21. The number of carbonyl (C=O) groups excluding carboxylic acids is 2. The van der Waals surface area contributed by atoms with Gasteiger partial charge in [0.25, 0.3) is 0 Å². The van der Waals surface area contributed by atoms with Crippen molar-refractivity contribution < 1.29 is 14.3 Å². The third-order valence-corrected chi connectivity index (χ3v) is 4.21. The van der Waals surface area contributed by atoms with Crippen LogP contribution in [0.5, 0.6) is 0 Å². The third-order valence-electron chi connectivity index (χ3n) is 4.21. The van der Waals surface area contributed by atoms with Crippen LogP contribution in [0.25, 0.3) is 0 Å². The number of aromatic nitrogens is 2. The Labute approximate surface area is 135 Å². The van der Waals surface area contributed by atoms with Crippen molar-refractivity contribution in [1.82, 2.24) is 9.55 Å². The van der Waals surface area contributed by atoms with Crippen LogP contribution in [0.15, 0.2) is 30.5 Å². The van der Waals surface area contributed by atoms with Crippen molar-refractivity contribution in [2.75, 3.05) is 0 Å². The van der Waals surface area contributed by atoms with Crippen LogP contribution in [0.4, 0.5) is 0 Å². The second-order valence-corrected chi connectivity index (χ2v) is 6.24. The van der Waals surface area contributed by atoms with Crippen molar-refractivity contribution in [1.29, 1.82) is 0 Å². The van der Waals surface area contributed by atoms with Crippen LogP contribution >= 0.6 is 0 Å². The molecule has 0 radical (unpaired) electrons. The molecule has 2 aromatic rings. The summed E-state index contributed by atoms with van der Waals surface area (Å²) in [6, 6.07) is 7.29. The van der Waals surface area contributed by atoms with E-state index < -0.39 is 0 Å². The average molecular weight is 314 g/mol. The number of hydrogen-bond acceptors (Lipinski definition) is 3. The number of esters is 1. The van der Waals surface area contributed by atoms with Crippen LogP contribution in [0, 0.1) is 0 Å². The van der Waals surface area contributed by atoms with Crippen LogP contribution < -0.4 is 0 Å². The topological polar surface area (TPSA) is 64.1 Å². The molecule has 0 spiro atoms. The zero-order chi connectivity index (χ0) is 16.4. The molecule has 0 aliphatic carbocycles. The van der Waals surface area contributed by atoms with Gasteiger partial charge in [-0.1, -0.05) is 6.42 Å². The summed E-state index contributed by atoms with van der Waals surface area (Å²) in [5, 5.41) is 0. The second-order valence-electron chi connectivity index (χ2n) is 6.24. The van der Waals surface area contributed by atoms with E-state index in [1.54, 1.807) is 12.3 Å². The number of fused-ring (bicyclic) bond motifs is 1. The molecule has 1 aliphatic rings. The van der Waals surface area contributed by atoms with Gasteiger partial charge in [0.2, 0.25) is 5.78 Å². The minimum atomic E-state index is -0.287. The molecule has 0 amide bonds. The summed E-state index contributed by atoms with van der Waals surface area (Å²) >= 11 is 0. The smallest absolute Gasteiger partial charge is 0.315 e. The molecule has 0 aromatic carbocycles. The van der Waals surface area contributed by atoms with E-state index in [1.165, 1.54) is 0 Å². The summed E-state index contributed by atoms with van der Waals surface area (Å²) in [4.78, 5) is 28.0. The predicted molar refractivity (Wildman–Crippen MR) is 86.5 cm³/mol. The van der Waals surface area contributed by atoms with Gasteiger partial charge in [-0.15, -0.1) is 0 Å². The lowest BCUT2D eigenvalue weighted by atomic mass is 10.00. The largest absolute Gasteiger partial charge is 0.462 e. The molecule has 3 rings (SSSR count). The molecular formula is C18H22N2O3. The normalized spacial score (nSPS) is 17.6. The number of H-pyrrole nitrogens is 1. The van der Waals surface area contributed by atoms with Crippen molar-refractivity contribution in [3.63, 3.8) is 0 Å². The van der Waals surface area contributed by atoms with Gasteiger partial charge in [-0.3, -0.25) is 9.59 Å². The maximum atomic E-state index is 12.6. The van der Waals surface area contributed by atoms with E-state index in [0.29, 0.717) is 11.4 Å². The predicted octanol–water partition coefficient (Wildman–Crippen LogP) is 3.27. The summed E-state index contributed by atoms with van der Waals surface area (Å²) < 4.78 is 7.39. The summed E-state index contributed by atoms with van der Waals surface area (Å²) in [6.45, 7) is 4.47. The number of hydrogen-bond donors (Lipinski definition) is 1. The van der Waals surface area contributed by atoms with Crippen LogP contribution in [0.1, 0.15) is 60.9 Å². The molecule has 5 nitrogen and oxygen atoms in total. The van der Waals surface area contributed by atoms with E-state index in [9.17, 15) is 9.59 Å². The molecule has 0 saturated heterocycles. The highest BCUT2D eigenvalue weighted by Crippen LogP contribution is 2.30. The van der Waals surface area contributed by atoms with Crippen molar-refractivity contribution >= 4 is 11.8 Å². The van der Waals surface area contributed by atoms with Crippen molar-refractivity contribution in [3.8, 4) is 0 Å². The highest BCUT2D eigenvalue weighted by atomic mass is 16.5. The first-order valence-corrected chi connectivity index (χ1v) is 8.16. The zero-order valence-electron chi connectivity index (χ0n) is 13.5. The Balaban J connectivity index is 1.94. The Morgan fingerprint density at radius 2 is 2.09 bits per heavy atom. The van der Waals surface area contributed by atoms with Crippen molar-refractivity contribution in [3.05, 3.63) is 47.5 Å². The lowest BCUT2D eigenvalue weighted by molar-refractivity contribution is -0.149. The van der Waals surface area contributed by atoms with Gasteiger partial charge in [0, 0.05) is 18.4 Å². The monoisotopic (exact) mass is 314 g/mol. The fourth-order valence-electron chi connectivity index (χ4n) is 3.16. The standard InChI is InChI=1S/C18H22N2O3/c1-12(2)23-18(22)13-6-3-4-11-20-15(13)8-9-16(20)17(21)14-7-5-10-19-14/h5,7-10,12-13,19H,3-4,6,11H2,1-2H3. The van der Waals surface area contributed by atoms with E-state index in [-0.39, 0.29) is 23.8 Å². The number of nitrogens with one attached hydrogen (secondary N) is 1. The molecule has 23 heavy (non-hydrogen) atoms. The first kappa shape index (κ1) is 15.6. The van der Waals surface area contributed by atoms with E-state index in [4.69, 9.17) is 4.74 Å². The highest BCUT2D eigenvalue weighted by molar-refractivity contribution is 6.07. The lowest BCUT2D eigenvalue weighted by Crippen LogP contribution is -2.21. The molecule has 2 aromatic heterocycles. The Bertz CT molecular complexity index is 698. The first-order chi connectivity index (χ1) is 11.1. The molecular weight excluding hydrogens is 292 g/mol.